The summed E-state index contributed by atoms with van der Waals surface area (Å²) in [6.45, 7) is 7.89. The number of hydrogen-bond acceptors (Lipinski definition) is 8. The van der Waals surface area contributed by atoms with Crippen LogP contribution in [0.4, 0.5) is 5.95 Å². The molecule has 0 fully saturated rings. The van der Waals surface area contributed by atoms with Crippen molar-refractivity contribution in [2.24, 2.45) is 0 Å². The molecule has 0 spiro atoms. The lowest BCUT2D eigenvalue weighted by Gasteiger charge is -2.28. The van der Waals surface area contributed by atoms with Crippen molar-refractivity contribution in [1.29, 1.82) is 0 Å². The number of rotatable bonds is 9. The van der Waals surface area contributed by atoms with E-state index in [4.69, 9.17) is 37.4 Å². The van der Waals surface area contributed by atoms with E-state index in [1.165, 1.54) is 10.8 Å². The minimum absolute atomic E-state index is 0.0682. The zero-order valence-electron chi connectivity index (χ0n) is 19.4. The van der Waals surface area contributed by atoms with Gasteiger partial charge in [-0.25, -0.2) is 4.79 Å². The number of tetrazole rings is 1. The fraction of sp³-hybridized carbons (Fsp3) is 0.250. The fourth-order valence-corrected chi connectivity index (χ4v) is 4.77. The number of allylic oxidation sites excluding steroid dienone is 1. The van der Waals surface area contributed by atoms with Gasteiger partial charge in [0.25, 0.3) is 0 Å². The first-order chi connectivity index (χ1) is 17.3. The summed E-state index contributed by atoms with van der Waals surface area (Å²) < 4.78 is 19.5. The van der Waals surface area contributed by atoms with E-state index in [1.807, 2.05) is 13.0 Å². The van der Waals surface area contributed by atoms with Gasteiger partial charge in [0, 0.05) is 21.3 Å². The van der Waals surface area contributed by atoms with Gasteiger partial charge in [-0.05, 0) is 70.0 Å². The normalized spacial score (nSPS) is 14.6. The van der Waals surface area contributed by atoms with Crippen molar-refractivity contribution in [3.63, 3.8) is 0 Å². The van der Waals surface area contributed by atoms with Gasteiger partial charge in [-0.3, -0.25) is 0 Å². The van der Waals surface area contributed by atoms with E-state index in [9.17, 15) is 4.79 Å². The van der Waals surface area contributed by atoms with E-state index < -0.39 is 12.0 Å². The van der Waals surface area contributed by atoms with E-state index in [0.717, 1.165) is 5.56 Å². The molecule has 1 unspecified atom stereocenters. The number of aromatic nitrogens is 4. The van der Waals surface area contributed by atoms with Crippen LogP contribution in [0.3, 0.4) is 0 Å². The Bertz CT molecular complexity index is 1340. The number of esters is 1. The molecule has 3 aromatic rings. The first-order valence-corrected chi connectivity index (χ1v) is 12.5. The third-order valence-electron chi connectivity index (χ3n) is 5.30. The third-order valence-corrected chi connectivity index (χ3v) is 6.48. The Morgan fingerprint density at radius 1 is 1.28 bits per heavy atom. The maximum Gasteiger partial charge on any atom is 0.338 e. The van der Waals surface area contributed by atoms with Crippen LogP contribution >= 0.6 is 39.1 Å². The molecule has 12 heteroatoms. The summed E-state index contributed by atoms with van der Waals surface area (Å²) in [4.78, 5) is 13.0. The lowest BCUT2D eigenvalue weighted by molar-refractivity contribution is -0.138. The Labute approximate surface area is 226 Å². The molecule has 1 atom stereocenters. The van der Waals surface area contributed by atoms with Gasteiger partial charge in [0.1, 0.15) is 19.3 Å². The van der Waals surface area contributed by atoms with Crippen LogP contribution in [0.15, 0.2) is 58.7 Å². The molecule has 0 radical (unpaired) electrons. The predicted molar refractivity (Wildman–Crippen MR) is 140 cm³/mol. The molecular weight excluding hydrogens is 573 g/mol. The van der Waals surface area contributed by atoms with Gasteiger partial charge >= 0.3 is 5.97 Å². The number of carbonyl (C=O) groups excluding carboxylic acids is 1. The lowest BCUT2D eigenvalue weighted by atomic mass is 9.95. The van der Waals surface area contributed by atoms with Crippen LogP contribution in [0.1, 0.15) is 31.0 Å². The molecule has 0 bridgehead atoms. The average molecular weight is 595 g/mol. The highest BCUT2D eigenvalue weighted by Gasteiger charge is 2.36. The number of fused-ring (bicyclic) bond motifs is 1. The zero-order chi connectivity index (χ0) is 25.8. The van der Waals surface area contributed by atoms with Gasteiger partial charge in [0.2, 0.25) is 5.95 Å². The van der Waals surface area contributed by atoms with Gasteiger partial charge in [0.15, 0.2) is 11.5 Å². The van der Waals surface area contributed by atoms with Crippen LogP contribution < -0.4 is 14.8 Å². The van der Waals surface area contributed by atoms with E-state index in [0.29, 0.717) is 55.4 Å². The zero-order valence-corrected chi connectivity index (χ0v) is 22.5. The molecule has 0 amide bonds. The van der Waals surface area contributed by atoms with Crippen molar-refractivity contribution >= 4 is 51.0 Å². The Balaban J connectivity index is 1.74. The number of halogens is 3. The molecule has 1 aromatic heterocycles. The second-order valence-corrected chi connectivity index (χ2v) is 9.39. The minimum Gasteiger partial charge on any atom is -0.490 e. The smallest absolute Gasteiger partial charge is 0.338 e. The Morgan fingerprint density at radius 2 is 2.08 bits per heavy atom. The molecule has 1 aliphatic rings. The number of benzene rings is 2. The molecule has 0 aliphatic carbocycles. The predicted octanol–water partition coefficient (Wildman–Crippen LogP) is 5.74. The molecule has 2 aromatic carbocycles. The van der Waals surface area contributed by atoms with Crippen molar-refractivity contribution in [3.8, 4) is 11.5 Å². The highest BCUT2D eigenvalue weighted by atomic mass is 79.9. The van der Waals surface area contributed by atoms with Crippen molar-refractivity contribution in [1.82, 2.24) is 20.2 Å². The second-order valence-electron chi connectivity index (χ2n) is 7.69. The van der Waals surface area contributed by atoms with Crippen LogP contribution in [0.5, 0.6) is 11.5 Å². The van der Waals surface area contributed by atoms with Crippen LogP contribution in [-0.2, 0) is 16.1 Å². The molecule has 188 valence electrons. The average Bonchev–Trinajstić information content (AvgIpc) is 3.30. The Kier molecular flexibility index (Phi) is 8.17. The summed E-state index contributed by atoms with van der Waals surface area (Å²) in [5.74, 6) is 0.827. The largest absolute Gasteiger partial charge is 0.490 e. The molecule has 1 N–H and O–H groups in total. The second kappa shape index (κ2) is 11.3. The molecule has 36 heavy (non-hydrogen) atoms. The monoisotopic (exact) mass is 593 g/mol. The van der Waals surface area contributed by atoms with Crippen LogP contribution in [0.25, 0.3) is 0 Å². The topological polar surface area (TPSA) is 100 Å². The maximum absolute atomic E-state index is 13.0. The molecule has 9 nitrogen and oxygen atoms in total. The SMILES string of the molecule is C=CCOC(=O)C1=C(C)Nc2nnnn2C1c1cc(Br)c(OCc2ccc(Cl)cc2Cl)c(OCC)c1. The first kappa shape index (κ1) is 26.0. The molecule has 0 saturated heterocycles. The van der Waals surface area contributed by atoms with Crippen LogP contribution in [0.2, 0.25) is 10.0 Å². The summed E-state index contributed by atoms with van der Waals surface area (Å²) >= 11 is 15.9. The first-order valence-electron chi connectivity index (χ1n) is 10.9. The quantitative estimate of drug-likeness (QED) is 0.247. The summed E-state index contributed by atoms with van der Waals surface area (Å²) in [5.41, 5.74) is 2.37. The van der Waals surface area contributed by atoms with Gasteiger partial charge in [-0.1, -0.05) is 47.0 Å². The van der Waals surface area contributed by atoms with E-state index in [1.54, 1.807) is 31.2 Å². The summed E-state index contributed by atoms with van der Waals surface area (Å²) in [6, 6.07) is 8.15. The Morgan fingerprint density at radius 3 is 2.81 bits per heavy atom. The van der Waals surface area contributed by atoms with E-state index >= 15 is 0 Å². The number of anilines is 1. The molecule has 2 heterocycles. The van der Waals surface area contributed by atoms with Crippen LogP contribution in [-0.4, -0.2) is 39.4 Å². The number of nitrogens with one attached hydrogen (secondary N) is 1. The summed E-state index contributed by atoms with van der Waals surface area (Å²) in [6.07, 6.45) is 1.50. The van der Waals surface area contributed by atoms with Gasteiger partial charge < -0.3 is 19.5 Å². The molecule has 4 rings (SSSR count). The number of hydrogen-bond donors (Lipinski definition) is 1. The molecule has 1 aliphatic heterocycles. The third kappa shape index (κ3) is 5.35. The van der Waals surface area contributed by atoms with Gasteiger partial charge in [0.05, 0.1) is 16.7 Å². The standard InChI is InChI=1S/C24H22BrCl2N5O4/c1-4-8-35-23(33)20-13(3)28-24-29-30-31-32(24)21(20)15-9-17(25)22(19(10-15)34-5-2)36-12-14-6-7-16(26)11-18(14)27/h4,6-7,9-11,21H,1,5,8,12H2,2-3H3,(H,28,29,31). The fourth-order valence-electron chi connectivity index (χ4n) is 3.73. The van der Waals surface area contributed by atoms with E-state index in [-0.39, 0.29) is 13.2 Å². The number of ether oxygens (including phenoxy) is 3. The lowest BCUT2D eigenvalue weighted by Crippen LogP contribution is -2.29. The van der Waals surface area contributed by atoms with Crippen molar-refractivity contribution < 1.29 is 19.0 Å². The molecular formula is C24H22BrCl2N5O4. The van der Waals surface area contributed by atoms with Crippen molar-refractivity contribution in [2.75, 3.05) is 18.5 Å². The van der Waals surface area contributed by atoms with Gasteiger partial charge in [-0.2, -0.15) is 4.68 Å². The molecule has 0 saturated carbocycles. The van der Waals surface area contributed by atoms with Crippen molar-refractivity contribution in [2.45, 2.75) is 26.5 Å². The summed E-state index contributed by atoms with van der Waals surface area (Å²) in [5, 5.41) is 16.0. The van der Waals surface area contributed by atoms with Crippen LogP contribution in [0, 0.1) is 0 Å². The van der Waals surface area contributed by atoms with Gasteiger partial charge in [-0.15, -0.1) is 0 Å². The highest BCUT2D eigenvalue weighted by Crippen LogP contribution is 2.43. The number of nitrogens with zero attached hydrogens (tertiary/aromatic N) is 4. The Hall–Kier alpha value is -3.08. The van der Waals surface area contributed by atoms with E-state index in [2.05, 4.69) is 43.4 Å². The maximum atomic E-state index is 13.0. The number of carbonyl (C=O) groups is 1. The van der Waals surface area contributed by atoms with Crippen molar-refractivity contribution in [3.05, 3.63) is 79.9 Å². The summed E-state index contributed by atoms with van der Waals surface area (Å²) in [7, 11) is 0. The highest BCUT2D eigenvalue weighted by molar-refractivity contribution is 9.10. The minimum atomic E-state index is -0.677.